The Morgan fingerprint density at radius 1 is 1.10 bits per heavy atom. The van der Waals surface area contributed by atoms with Gasteiger partial charge >= 0.3 is 0 Å². The number of thiophene rings is 1. The minimum absolute atomic E-state index is 0.0635. The van der Waals surface area contributed by atoms with Crippen molar-refractivity contribution in [3.63, 3.8) is 0 Å². The van der Waals surface area contributed by atoms with Crippen molar-refractivity contribution in [2.75, 3.05) is 21.1 Å². The van der Waals surface area contributed by atoms with Crippen LogP contribution in [0.15, 0.2) is 54.7 Å². The zero-order valence-electron chi connectivity index (χ0n) is 16.2. The Hall–Kier alpha value is -3.45. The van der Waals surface area contributed by atoms with Crippen LogP contribution in [-0.2, 0) is 0 Å². The third-order valence-corrected chi connectivity index (χ3v) is 5.67. The van der Waals surface area contributed by atoms with Crippen molar-refractivity contribution >= 4 is 44.1 Å². The van der Waals surface area contributed by atoms with E-state index in [1.54, 1.807) is 50.4 Å². The monoisotopic (exact) mass is 405 g/mol. The van der Waals surface area contributed by atoms with Crippen LogP contribution in [0.2, 0.25) is 0 Å². The normalized spacial score (nSPS) is 10.9. The molecule has 0 aliphatic heterocycles. The molecule has 2 aromatic carbocycles. The van der Waals surface area contributed by atoms with Crippen LogP contribution in [0.1, 0.15) is 20.0 Å². The lowest BCUT2D eigenvalue weighted by Crippen LogP contribution is -2.20. The average molecular weight is 405 g/mol. The van der Waals surface area contributed by atoms with Crippen molar-refractivity contribution in [3.8, 4) is 11.5 Å². The third-order valence-electron chi connectivity index (χ3n) is 4.54. The molecule has 7 heteroatoms. The molecular weight excluding hydrogens is 386 g/mol. The van der Waals surface area contributed by atoms with Gasteiger partial charge in [-0.3, -0.25) is 14.6 Å². The SMILES string of the molecule is CNC(=O)c1cccc2cc(Oc3ccnc4cc(C(=O)N(C)C)sc34)ccc12. The molecule has 4 rings (SSSR count). The first-order chi connectivity index (χ1) is 14.0. The highest BCUT2D eigenvalue weighted by atomic mass is 32.1. The highest BCUT2D eigenvalue weighted by molar-refractivity contribution is 7.21. The number of carbonyl (C=O) groups excluding carboxylic acids is 2. The number of nitrogens with one attached hydrogen (secondary N) is 1. The molecule has 0 atom stereocenters. The van der Waals surface area contributed by atoms with Gasteiger partial charge in [-0.1, -0.05) is 12.1 Å². The fraction of sp³-hybridized carbons (Fsp3) is 0.136. The Morgan fingerprint density at radius 3 is 2.69 bits per heavy atom. The van der Waals surface area contributed by atoms with E-state index >= 15 is 0 Å². The summed E-state index contributed by atoms with van der Waals surface area (Å²) in [5.41, 5.74) is 1.34. The van der Waals surface area contributed by atoms with Crippen LogP contribution in [0.5, 0.6) is 11.5 Å². The summed E-state index contributed by atoms with van der Waals surface area (Å²) in [5.74, 6) is 1.09. The number of aromatic nitrogens is 1. The molecule has 0 aliphatic carbocycles. The summed E-state index contributed by atoms with van der Waals surface area (Å²) in [6.07, 6.45) is 1.67. The topological polar surface area (TPSA) is 71.5 Å². The standard InChI is InChI=1S/C22H19N3O3S/c1-23-21(26)16-6-4-5-13-11-14(7-8-15(13)16)28-18-9-10-24-17-12-19(29-20(17)18)22(27)25(2)3/h4-12H,1-3H3,(H,23,26). The van der Waals surface area contributed by atoms with Gasteiger partial charge in [-0.15, -0.1) is 11.3 Å². The number of nitrogens with zero attached hydrogens (tertiary/aromatic N) is 2. The van der Waals surface area contributed by atoms with Gasteiger partial charge in [0.1, 0.15) is 11.5 Å². The Morgan fingerprint density at radius 2 is 1.93 bits per heavy atom. The van der Waals surface area contributed by atoms with E-state index in [0.717, 1.165) is 21.0 Å². The van der Waals surface area contributed by atoms with Gasteiger partial charge in [0, 0.05) is 39.0 Å². The first kappa shape index (κ1) is 18.9. The molecule has 0 bridgehead atoms. The zero-order chi connectivity index (χ0) is 20.5. The summed E-state index contributed by atoms with van der Waals surface area (Å²) in [6.45, 7) is 0. The number of ether oxygens (including phenoxy) is 1. The number of rotatable bonds is 4. The molecule has 29 heavy (non-hydrogen) atoms. The predicted molar refractivity (Wildman–Crippen MR) is 115 cm³/mol. The maximum absolute atomic E-state index is 12.3. The lowest BCUT2D eigenvalue weighted by atomic mass is 10.0. The number of amides is 2. The molecule has 6 nitrogen and oxygen atoms in total. The van der Waals surface area contributed by atoms with Crippen LogP contribution in [0.25, 0.3) is 21.0 Å². The molecule has 146 valence electrons. The highest BCUT2D eigenvalue weighted by Gasteiger charge is 2.16. The van der Waals surface area contributed by atoms with E-state index < -0.39 is 0 Å². The van der Waals surface area contributed by atoms with Crippen molar-refractivity contribution in [1.29, 1.82) is 0 Å². The molecule has 1 N–H and O–H groups in total. The fourth-order valence-electron chi connectivity index (χ4n) is 3.11. The molecule has 2 heterocycles. The van der Waals surface area contributed by atoms with E-state index in [9.17, 15) is 9.59 Å². The number of fused-ring (bicyclic) bond motifs is 2. The second kappa shape index (κ2) is 7.52. The van der Waals surface area contributed by atoms with Gasteiger partial charge in [0.05, 0.1) is 15.1 Å². The van der Waals surface area contributed by atoms with Gasteiger partial charge in [0.15, 0.2) is 0 Å². The molecular formula is C22H19N3O3S. The van der Waals surface area contributed by atoms with Crippen LogP contribution < -0.4 is 10.1 Å². The van der Waals surface area contributed by atoms with E-state index in [1.165, 1.54) is 11.3 Å². The van der Waals surface area contributed by atoms with E-state index in [4.69, 9.17) is 4.74 Å². The van der Waals surface area contributed by atoms with E-state index in [-0.39, 0.29) is 11.8 Å². The quantitative estimate of drug-likeness (QED) is 0.549. The first-order valence-electron chi connectivity index (χ1n) is 9.01. The molecule has 2 amide bonds. The summed E-state index contributed by atoms with van der Waals surface area (Å²) in [7, 11) is 5.06. The lowest BCUT2D eigenvalue weighted by molar-refractivity contribution is 0.0832. The van der Waals surface area contributed by atoms with Gasteiger partial charge in [-0.2, -0.15) is 0 Å². The van der Waals surface area contributed by atoms with Crippen molar-refractivity contribution in [1.82, 2.24) is 15.2 Å². The molecule has 0 spiro atoms. The van der Waals surface area contributed by atoms with Gasteiger partial charge < -0.3 is 15.0 Å². The first-order valence-corrected chi connectivity index (χ1v) is 9.82. The highest BCUT2D eigenvalue weighted by Crippen LogP contribution is 2.36. The molecule has 0 saturated carbocycles. The summed E-state index contributed by atoms with van der Waals surface area (Å²) >= 11 is 1.36. The fourth-order valence-corrected chi connectivity index (χ4v) is 4.19. The summed E-state index contributed by atoms with van der Waals surface area (Å²) < 4.78 is 6.94. The summed E-state index contributed by atoms with van der Waals surface area (Å²) in [4.78, 5) is 30.9. The number of hydrogen-bond acceptors (Lipinski definition) is 5. The number of pyridine rings is 1. The Labute approximate surface area is 171 Å². The van der Waals surface area contributed by atoms with E-state index in [0.29, 0.717) is 21.9 Å². The van der Waals surface area contributed by atoms with Crippen molar-refractivity contribution in [3.05, 3.63) is 65.2 Å². The summed E-state index contributed by atoms with van der Waals surface area (Å²) in [5, 5.41) is 4.42. The van der Waals surface area contributed by atoms with E-state index in [2.05, 4.69) is 10.3 Å². The predicted octanol–water partition coefficient (Wildman–Crippen LogP) is 4.30. The average Bonchev–Trinajstić information content (AvgIpc) is 3.17. The van der Waals surface area contributed by atoms with Crippen LogP contribution in [0.4, 0.5) is 0 Å². The van der Waals surface area contributed by atoms with Gasteiger partial charge in [0.25, 0.3) is 11.8 Å². The van der Waals surface area contributed by atoms with E-state index in [1.807, 2.05) is 30.3 Å². The van der Waals surface area contributed by atoms with Crippen molar-refractivity contribution < 1.29 is 14.3 Å². The van der Waals surface area contributed by atoms with Gasteiger partial charge in [0.2, 0.25) is 0 Å². The second-order valence-electron chi connectivity index (χ2n) is 6.70. The second-order valence-corrected chi connectivity index (χ2v) is 7.76. The number of carbonyl (C=O) groups is 2. The molecule has 0 saturated heterocycles. The van der Waals surface area contributed by atoms with Crippen LogP contribution in [-0.4, -0.2) is 42.8 Å². The van der Waals surface area contributed by atoms with Gasteiger partial charge in [-0.25, -0.2) is 0 Å². The Kier molecular flexibility index (Phi) is 4.90. The maximum Gasteiger partial charge on any atom is 0.263 e. The minimum atomic E-state index is -0.128. The smallest absolute Gasteiger partial charge is 0.263 e. The molecule has 0 aliphatic rings. The Balaban J connectivity index is 1.72. The lowest BCUT2D eigenvalue weighted by Gasteiger charge is -2.10. The minimum Gasteiger partial charge on any atom is -0.456 e. The Bertz CT molecular complexity index is 1250. The van der Waals surface area contributed by atoms with Crippen LogP contribution in [0, 0.1) is 0 Å². The zero-order valence-corrected chi connectivity index (χ0v) is 17.0. The third kappa shape index (κ3) is 3.52. The number of hydrogen-bond donors (Lipinski definition) is 1. The molecule has 0 fully saturated rings. The van der Waals surface area contributed by atoms with Crippen LogP contribution in [0.3, 0.4) is 0 Å². The maximum atomic E-state index is 12.3. The summed E-state index contributed by atoms with van der Waals surface area (Å²) in [6, 6.07) is 14.8. The van der Waals surface area contributed by atoms with Crippen LogP contribution >= 0.6 is 11.3 Å². The largest absolute Gasteiger partial charge is 0.456 e. The molecule has 2 aromatic heterocycles. The van der Waals surface area contributed by atoms with Crippen molar-refractivity contribution in [2.24, 2.45) is 0 Å². The molecule has 0 radical (unpaired) electrons. The number of benzene rings is 2. The molecule has 4 aromatic rings. The molecule has 0 unspecified atom stereocenters. The van der Waals surface area contributed by atoms with Crippen molar-refractivity contribution in [2.45, 2.75) is 0 Å². The van der Waals surface area contributed by atoms with Gasteiger partial charge in [-0.05, 0) is 41.1 Å².